The second kappa shape index (κ2) is 9.76. The van der Waals surface area contributed by atoms with Crippen molar-refractivity contribution in [2.24, 2.45) is 0 Å². The van der Waals surface area contributed by atoms with Crippen molar-refractivity contribution in [3.63, 3.8) is 0 Å². The molecule has 0 atom stereocenters. The number of anilines is 1. The fraction of sp³-hybridized carbons (Fsp3) is 0.435. The Labute approximate surface area is 173 Å². The number of aryl methyl sites for hydroxylation is 1. The lowest BCUT2D eigenvalue weighted by molar-refractivity contribution is -1.02. The first-order valence-electron chi connectivity index (χ1n) is 10.2. The monoisotopic (exact) mass is 399 g/mol. The Morgan fingerprint density at radius 1 is 0.966 bits per heavy atom. The number of carbonyl (C=O) groups excluding carboxylic acids is 1. The van der Waals surface area contributed by atoms with Gasteiger partial charge in [-0.05, 0) is 49.2 Å². The number of carbonyl (C=O) groups is 1. The van der Waals surface area contributed by atoms with E-state index in [1.54, 1.807) is 14.2 Å². The summed E-state index contributed by atoms with van der Waals surface area (Å²) in [5.74, 6) is 1.63. The van der Waals surface area contributed by atoms with Crippen LogP contribution in [-0.4, -0.2) is 52.9 Å². The average Bonchev–Trinajstić information content (AvgIpc) is 2.72. The lowest BCUT2D eigenvalue weighted by atomic mass is 10.1. The Balaban J connectivity index is 1.48. The maximum absolute atomic E-state index is 12.5. The summed E-state index contributed by atoms with van der Waals surface area (Å²) in [6.45, 7) is 9.72. The summed E-state index contributed by atoms with van der Waals surface area (Å²) in [5, 5.41) is 3.08. The van der Waals surface area contributed by atoms with Crippen molar-refractivity contribution in [3.05, 3.63) is 53.1 Å². The zero-order chi connectivity index (χ0) is 20.8. The number of quaternary nitrogens is 2. The van der Waals surface area contributed by atoms with Crippen molar-refractivity contribution >= 4 is 11.6 Å². The molecule has 156 valence electrons. The zero-order valence-corrected chi connectivity index (χ0v) is 17.9. The van der Waals surface area contributed by atoms with E-state index < -0.39 is 0 Å². The largest absolute Gasteiger partial charge is 0.493 e. The van der Waals surface area contributed by atoms with E-state index in [0.29, 0.717) is 6.54 Å². The van der Waals surface area contributed by atoms with Gasteiger partial charge in [0.1, 0.15) is 32.7 Å². The van der Waals surface area contributed by atoms with E-state index in [0.717, 1.165) is 55.5 Å². The third kappa shape index (κ3) is 5.49. The van der Waals surface area contributed by atoms with Gasteiger partial charge in [0.2, 0.25) is 0 Å². The van der Waals surface area contributed by atoms with Crippen LogP contribution in [0.4, 0.5) is 5.69 Å². The number of amides is 1. The number of hydrogen-bond donors (Lipinski definition) is 3. The normalized spacial score (nSPS) is 18.9. The molecule has 1 amide bonds. The molecule has 0 spiro atoms. The number of ether oxygens (including phenoxy) is 2. The molecule has 1 fully saturated rings. The zero-order valence-electron chi connectivity index (χ0n) is 17.9. The van der Waals surface area contributed by atoms with Gasteiger partial charge in [0.15, 0.2) is 18.0 Å². The molecule has 29 heavy (non-hydrogen) atoms. The molecule has 2 aromatic carbocycles. The molecule has 3 rings (SSSR count). The fourth-order valence-electron chi connectivity index (χ4n) is 3.90. The minimum Gasteiger partial charge on any atom is -0.493 e. The van der Waals surface area contributed by atoms with Gasteiger partial charge in [0, 0.05) is 11.3 Å². The maximum atomic E-state index is 12.5. The molecule has 0 radical (unpaired) electrons. The lowest BCUT2D eigenvalue weighted by Crippen LogP contribution is -3.28. The molecular weight excluding hydrogens is 366 g/mol. The highest BCUT2D eigenvalue weighted by atomic mass is 16.5. The summed E-state index contributed by atoms with van der Waals surface area (Å²) in [6, 6.07) is 12.2. The Bertz CT molecular complexity index is 845. The maximum Gasteiger partial charge on any atom is 0.279 e. The van der Waals surface area contributed by atoms with Crippen LogP contribution in [0.25, 0.3) is 0 Å². The first-order valence-corrected chi connectivity index (χ1v) is 10.2. The van der Waals surface area contributed by atoms with Gasteiger partial charge < -0.3 is 24.6 Å². The van der Waals surface area contributed by atoms with Crippen LogP contribution in [0.1, 0.15) is 16.7 Å². The van der Waals surface area contributed by atoms with Crippen LogP contribution in [-0.2, 0) is 11.3 Å². The van der Waals surface area contributed by atoms with Gasteiger partial charge in [0.05, 0.1) is 14.2 Å². The van der Waals surface area contributed by atoms with Crippen LogP contribution in [0.2, 0.25) is 0 Å². The highest BCUT2D eigenvalue weighted by Crippen LogP contribution is 2.27. The molecule has 2 aromatic rings. The fourth-order valence-corrected chi connectivity index (χ4v) is 3.90. The van der Waals surface area contributed by atoms with Crippen LogP contribution in [0, 0.1) is 13.8 Å². The van der Waals surface area contributed by atoms with Gasteiger partial charge in [-0.2, -0.15) is 0 Å². The van der Waals surface area contributed by atoms with Gasteiger partial charge in [-0.25, -0.2) is 0 Å². The number of rotatable bonds is 7. The molecule has 1 aliphatic heterocycles. The van der Waals surface area contributed by atoms with E-state index in [9.17, 15) is 4.79 Å². The van der Waals surface area contributed by atoms with E-state index in [4.69, 9.17) is 9.47 Å². The van der Waals surface area contributed by atoms with Crippen LogP contribution >= 0.6 is 0 Å². The lowest BCUT2D eigenvalue weighted by Gasteiger charge is -2.29. The molecule has 0 unspecified atom stereocenters. The van der Waals surface area contributed by atoms with Crippen molar-refractivity contribution in [2.75, 3.05) is 52.3 Å². The van der Waals surface area contributed by atoms with Crippen LogP contribution < -0.4 is 24.6 Å². The molecule has 3 N–H and O–H groups in total. The Hall–Kier alpha value is -2.57. The van der Waals surface area contributed by atoms with Gasteiger partial charge in [0.25, 0.3) is 5.91 Å². The number of benzene rings is 2. The molecule has 1 aliphatic rings. The van der Waals surface area contributed by atoms with Gasteiger partial charge in [-0.15, -0.1) is 0 Å². The Kier molecular flexibility index (Phi) is 7.12. The van der Waals surface area contributed by atoms with Crippen LogP contribution in [0.5, 0.6) is 11.5 Å². The predicted molar refractivity (Wildman–Crippen MR) is 114 cm³/mol. The molecular formula is C23H33N3O3+2. The highest BCUT2D eigenvalue weighted by molar-refractivity contribution is 5.92. The molecule has 6 heteroatoms. The van der Waals surface area contributed by atoms with Gasteiger partial charge >= 0.3 is 0 Å². The summed E-state index contributed by atoms with van der Waals surface area (Å²) in [6.07, 6.45) is 0. The number of hydrogen-bond acceptors (Lipinski definition) is 3. The number of nitrogens with one attached hydrogen (secondary N) is 3. The van der Waals surface area contributed by atoms with Crippen molar-refractivity contribution in [1.29, 1.82) is 0 Å². The van der Waals surface area contributed by atoms with Crippen molar-refractivity contribution in [3.8, 4) is 11.5 Å². The molecule has 0 aliphatic carbocycles. The van der Waals surface area contributed by atoms with E-state index in [-0.39, 0.29) is 5.91 Å². The summed E-state index contributed by atoms with van der Waals surface area (Å²) >= 11 is 0. The van der Waals surface area contributed by atoms with E-state index in [2.05, 4.69) is 30.4 Å². The van der Waals surface area contributed by atoms with Crippen molar-refractivity contribution in [1.82, 2.24) is 0 Å². The van der Waals surface area contributed by atoms with E-state index in [1.807, 2.05) is 25.1 Å². The first kappa shape index (κ1) is 21.1. The number of methoxy groups -OCH3 is 2. The number of piperazine rings is 1. The Morgan fingerprint density at radius 3 is 2.34 bits per heavy atom. The summed E-state index contributed by atoms with van der Waals surface area (Å²) in [5.41, 5.74) is 4.50. The molecule has 0 aromatic heterocycles. The van der Waals surface area contributed by atoms with Gasteiger partial charge in [-0.3, -0.25) is 4.79 Å². The molecule has 1 saturated heterocycles. The molecule has 6 nitrogen and oxygen atoms in total. The third-order valence-corrected chi connectivity index (χ3v) is 5.86. The molecule has 0 bridgehead atoms. The van der Waals surface area contributed by atoms with Gasteiger partial charge in [-0.1, -0.05) is 12.1 Å². The highest BCUT2D eigenvalue weighted by Gasteiger charge is 2.25. The minimum atomic E-state index is 0.0945. The van der Waals surface area contributed by atoms with Crippen LogP contribution in [0.3, 0.4) is 0 Å². The van der Waals surface area contributed by atoms with Crippen molar-refractivity contribution < 1.29 is 24.1 Å². The third-order valence-electron chi connectivity index (χ3n) is 5.86. The van der Waals surface area contributed by atoms with Crippen molar-refractivity contribution in [2.45, 2.75) is 20.4 Å². The average molecular weight is 400 g/mol. The standard InChI is InChI=1S/C23H31N3O3/c1-17-6-5-7-20(18(17)2)24-23(27)16-26-12-10-25(11-13-26)15-19-8-9-21(28-3)22(14-19)29-4/h5-9,14H,10-13,15-16H2,1-4H3,(H,24,27)/p+2. The van der Waals surface area contributed by atoms with Crippen LogP contribution in [0.15, 0.2) is 36.4 Å². The summed E-state index contributed by atoms with van der Waals surface area (Å²) in [7, 11) is 3.32. The quantitative estimate of drug-likeness (QED) is 0.625. The second-order valence-electron chi connectivity index (χ2n) is 7.84. The first-order chi connectivity index (χ1) is 14.0. The molecule has 1 heterocycles. The summed E-state index contributed by atoms with van der Waals surface area (Å²) < 4.78 is 10.7. The second-order valence-corrected chi connectivity index (χ2v) is 7.84. The predicted octanol–water partition coefficient (Wildman–Crippen LogP) is 0.243. The van der Waals surface area contributed by atoms with E-state index >= 15 is 0 Å². The minimum absolute atomic E-state index is 0.0945. The smallest absolute Gasteiger partial charge is 0.279 e. The summed E-state index contributed by atoms with van der Waals surface area (Å²) in [4.78, 5) is 15.4. The Morgan fingerprint density at radius 2 is 1.66 bits per heavy atom. The van der Waals surface area contributed by atoms with E-state index in [1.165, 1.54) is 20.9 Å². The molecule has 0 saturated carbocycles. The SMILES string of the molecule is COc1ccc(C[NH+]2CC[NH+](CC(=O)Nc3cccc(C)c3C)CC2)cc1OC. The topological polar surface area (TPSA) is 56.4 Å².